The molecule has 1 aliphatic rings. The maximum absolute atomic E-state index is 13.8. The molecular weight excluding hydrogens is 444 g/mol. The van der Waals surface area contributed by atoms with E-state index in [4.69, 9.17) is 9.47 Å². The number of carbonyl (C=O) groups excluding carboxylic acids is 1. The van der Waals surface area contributed by atoms with Crippen molar-refractivity contribution in [3.05, 3.63) is 65.6 Å². The van der Waals surface area contributed by atoms with Gasteiger partial charge in [-0.1, -0.05) is 12.1 Å². The molecule has 0 bridgehead atoms. The fraction of sp³-hybridized carbons (Fsp3) is 0.273. The van der Waals surface area contributed by atoms with Crippen LogP contribution in [0, 0.1) is 5.82 Å². The standard InChI is InChI=1S/C22H20F4N4O3/c1-32-17-8-7-14(9-18(17)33-2)28-21(31)15-11-27-30-19(22(24,25)26)10-16(29-20(15)30)12-3-5-13(23)6-4-12/h3-9,11,16,19,29H,10H2,1-2H3,(H,28,31)/t16-,19-/m1/s1. The van der Waals surface area contributed by atoms with Crippen LogP contribution in [0.15, 0.2) is 48.7 Å². The Morgan fingerprint density at radius 2 is 1.82 bits per heavy atom. The van der Waals surface area contributed by atoms with Gasteiger partial charge in [-0.15, -0.1) is 0 Å². The molecule has 174 valence electrons. The number of hydrogen-bond acceptors (Lipinski definition) is 5. The lowest BCUT2D eigenvalue weighted by molar-refractivity contribution is -0.173. The summed E-state index contributed by atoms with van der Waals surface area (Å²) in [7, 11) is 2.91. The third-order valence-electron chi connectivity index (χ3n) is 5.40. The van der Waals surface area contributed by atoms with Crippen LogP contribution in [0.25, 0.3) is 0 Å². The van der Waals surface area contributed by atoms with E-state index in [0.29, 0.717) is 22.7 Å². The summed E-state index contributed by atoms with van der Waals surface area (Å²) in [5, 5.41) is 9.44. The van der Waals surface area contributed by atoms with Crippen LogP contribution in [0.1, 0.15) is 34.4 Å². The molecule has 7 nitrogen and oxygen atoms in total. The Morgan fingerprint density at radius 3 is 2.45 bits per heavy atom. The molecule has 2 aromatic carbocycles. The summed E-state index contributed by atoms with van der Waals surface area (Å²) in [6.07, 6.45) is -3.87. The van der Waals surface area contributed by atoms with E-state index in [1.807, 2.05) is 0 Å². The molecule has 2 heterocycles. The Labute approximate surface area is 186 Å². The lowest BCUT2D eigenvalue weighted by Gasteiger charge is -2.34. The second kappa shape index (κ2) is 8.64. The highest BCUT2D eigenvalue weighted by Crippen LogP contribution is 2.44. The summed E-state index contributed by atoms with van der Waals surface area (Å²) >= 11 is 0. The number of fused-ring (bicyclic) bond motifs is 1. The predicted molar refractivity (Wildman–Crippen MR) is 112 cm³/mol. The van der Waals surface area contributed by atoms with E-state index >= 15 is 0 Å². The molecule has 33 heavy (non-hydrogen) atoms. The molecule has 0 saturated heterocycles. The zero-order chi connectivity index (χ0) is 23.8. The van der Waals surface area contributed by atoms with Gasteiger partial charge < -0.3 is 20.1 Å². The molecule has 1 aliphatic heterocycles. The Balaban J connectivity index is 1.66. The van der Waals surface area contributed by atoms with Crippen LogP contribution in [-0.4, -0.2) is 36.1 Å². The van der Waals surface area contributed by atoms with Gasteiger partial charge in [0.15, 0.2) is 17.5 Å². The Kier molecular flexibility index (Phi) is 5.88. The first-order valence-electron chi connectivity index (χ1n) is 9.91. The van der Waals surface area contributed by atoms with Crippen molar-refractivity contribution in [3.63, 3.8) is 0 Å². The quantitative estimate of drug-likeness (QED) is 0.523. The number of methoxy groups -OCH3 is 2. The normalized spacial score (nSPS) is 17.6. The highest BCUT2D eigenvalue weighted by atomic mass is 19.4. The molecule has 0 spiro atoms. The van der Waals surface area contributed by atoms with Crippen LogP contribution in [0.2, 0.25) is 0 Å². The van der Waals surface area contributed by atoms with Gasteiger partial charge in [0.05, 0.1) is 26.5 Å². The molecule has 1 aromatic heterocycles. The number of benzene rings is 2. The largest absolute Gasteiger partial charge is 0.493 e. The van der Waals surface area contributed by atoms with Crippen molar-refractivity contribution >= 4 is 17.4 Å². The van der Waals surface area contributed by atoms with Crippen LogP contribution >= 0.6 is 0 Å². The van der Waals surface area contributed by atoms with Gasteiger partial charge in [-0.2, -0.15) is 18.3 Å². The van der Waals surface area contributed by atoms with Gasteiger partial charge >= 0.3 is 6.18 Å². The summed E-state index contributed by atoms with van der Waals surface area (Å²) < 4.78 is 65.9. The lowest BCUT2D eigenvalue weighted by atomic mass is 9.96. The number of hydrogen-bond donors (Lipinski definition) is 2. The van der Waals surface area contributed by atoms with Crippen LogP contribution in [0.3, 0.4) is 0 Å². The predicted octanol–water partition coefficient (Wildman–Crippen LogP) is 4.95. The van der Waals surface area contributed by atoms with Crippen molar-refractivity contribution in [1.82, 2.24) is 9.78 Å². The smallest absolute Gasteiger partial charge is 0.410 e. The monoisotopic (exact) mass is 464 g/mol. The number of anilines is 2. The molecule has 2 N–H and O–H groups in total. The first-order valence-corrected chi connectivity index (χ1v) is 9.91. The third kappa shape index (κ3) is 4.43. The second-order valence-electron chi connectivity index (χ2n) is 7.42. The van der Waals surface area contributed by atoms with Crippen LogP contribution in [-0.2, 0) is 0 Å². The van der Waals surface area contributed by atoms with E-state index in [1.54, 1.807) is 12.1 Å². The molecular formula is C22H20F4N4O3. The summed E-state index contributed by atoms with van der Waals surface area (Å²) in [6, 6.07) is 7.12. The van der Waals surface area contributed by atoms with Crippen LogP contribution in [0.5, 0.6) is 11.5 Å². The minimum atomic E-state index is -4.60. The van der Waals surface area contributed by atoms with Gasteiger partial charge in [0.2, 0.25) is 0 Å². The molecule has 2 atom stereocenters. The molecule has 4 rings (SSSR count). The van der Waals surface area contributed by atoms with Gasteiger partial charge in [0, 0.05) is 18.2 Å². The van der Waals surface area contributed by atoms with Gasteiger partial charge in [-0.05, 0) is 29.8 Å². The summed E-state index contributed by atoms with van der Waals surface area (Å²) in [6.45, 7) is 0. The highest BCUT2D eigenvalue weighted by molar-refractivity contribution is 6.07. The number of carbonyl (C=O) groups is 1. The number of nitrogens with zero attached hydrogens (tertiary/aromatic N) is 2. The van der Waals surface area contributed by atoms with Gasteiger partial charge in [-0.3, -0.25) is 4.79 Å². The molecule has 1 amide bonds. The Morgan fingerprint density at radius 1 is 1.12 bits per heavy atom. The third-order valence-corrected chi connectivity index (χ3v) is 5.40. The van der Waals surface area contributed by atoms with E-state index in [-0.39, 0.29) is 17.8 Å². The van der Waals surface area contributed by atoms with E-state index < -0.39 is 30.0 Å². The highest BCUT2D eigenvalue weighted by Gasteiger charge is 2.47. The average Bonchev–Trinajstić information content (AvgIpc) is 3.22. The van der Waals surface area contributed by atoms with Crippen molar-refractivity contribution in [2.45, 2.75) is 24.7 Å². The molecule has 3 aromatic rings. The minimum absolute atomic E-state index is 0.0640. The maximum Gasteiger partial charge on any atom is 0.410 e. The topological polar surface area (TPSA) is 77.4 Å². The molecule has 0 unspecified atom stereocenters. The van der Waals surface area contributed by atoms with E-state index in [9.17, 15) is 22.4 Å². The first-order chi connectivity index (χ1) is 15.7. The second-order valence-corrected chi connectivity index (χ2v) is 7.42. The van der Waals surface area contributed by atoms with Gasteiger partial charge in [-0.25, -0.2) is 9.07 Å². The van der Waals surface area contributed by atoms with Crippen molar-refractivity contribution in [3.8, 4) is 11.5 Å². The molecule has 0 aliphatic carbocycles. The number of nitrogens with one attached hydrogen (secondary N) is 2. The number of amides is 1. The van der Waals surface area contributed by atoms with Gasteiger partial charge in [0.25, 0.3) is 5.91 Å². The van der Waals surface area contributed by atoms with Crippen LogP contribution < -0.4 is 20.1 Å². The molecule has 0 radical (unpaired) electrons. The number of aromatic nitrogens is 2. The fourth-order valence-electron chi connectivity index (χ4n) is 3.75. The number of alkyl halides is 3. The van der Waals surface area contributed by atoms with E-state index in [2.05, 4.69) is 15.7 Å². The van der Waals surface area contributed by atoms with Crippen molar-refractivity contribution in [2.24, 2.45) is 0 Å². The summed E-state index contributed by atoms with van der Waals surface area (Å²) in [4.78, 5) is 12.9. The fourth-order valence-corrected chi connectivity index (χ4v) is 3.75. The zero-order valence-electron chi connectivity index (χ0n) is 17.6. The molecule has 11 heteroatoms. The SMILES string of the molecule is COc1ccc(NC(=O)c2cnn3c2N[C@@H](c2ccc(F)cc2)C[C@@H]3C(F)(F)F)cc1OC. The maximum atomic E-state index is 13.8. The van der Waals surface area contributed by atoms with Crippen molar-refractivity contribution in [1.29, 1.82) is 0 Å². The van der Waals surface area contributed by atoms with E-state index in [0.717, 1.165) is 10.9 Å². The number of ether oxygens (including phenoxy) is 2. The lowest BCUT2D eigenvalue weighted by Crippen LogP contribution is -2.36. The van der Waals surface area contributed by atoms with Gasteiger partial charge in [0.1, 0.15) is 17.2 Å². The molecule has 0 fully saturated rings. The molecule has 0 saturated carbocycles. The van der Waals surface area contributed by atoms with Crippen molar-refractivity contribution < 1.29 is 31.8 Å². The number of rotatable bonds is 5. The summed E-state index contributed by atoms with van der Waals surface area (Å²) in [5.74, 6) is -0.399. The van der Waals surface area contributed by atoms with Crippen molar-refractivity contribution in [2.75, 3.05) is 24.9 Å². The first kappa shape index (κ1) is 22.4. The Hall–Kier alpha value is -3.76. The average molecular weight is 464 g/mol. The van der Waals surface area contributed by atoms with E-state index in [1.165, 1.54) is 44.6 Å². The Bertz CT molecular complexity index is 1160. The number of halogens is 4. The summed E-state index contributed by atoms with van der Waals surface area (Å²) in [5.41, 5.74) is 0.756. The zero-order valence-corrected chi connectivity index (χ0v) is 17.6. The van der Waals surface area contributed by atoms with Crippen LogP contribution in [0.4, 0.5) is 29.1 Å². The minimum Gasteiger partial charge on any atom is -0.493 e.